The highest BCUT2D eigenvalue weighted by Crippen LogP contribution is 2.27. The summed E-state index contributed by atoms with van der Waals surface area (Å²) in [4.78, 5) is 1.13. The first kappa shape index (κ1) is 15.5. The topological polar surface area (TPSA) is 67.8 Å². The molecule has 110 valence electrons. The van der Waals surface area contributed by atoms with Crippen LogP contribution in [-0.2, 0) is 5.75 Å². The Hall–Kier alpha value is -1.85. The quantitative estimate of drug-likeness (QED) is 0.289. The normalized spacial score (nSPS) is 11.4. The van der Waals surface area contributed by atoms with Gasteiger partial charge in [-0.1, -0.05) is 22.8 Å². The molecule has 0 saturated carbocycles. The fraction of sp³-hybridized carbons (Fsp3) is 0.133. The number of hydrogen-bond acceptors (Lipinski definition) is 4. The van der Waals surface area contributed by atoms with E-state index in [9.17, 15) is 0 Å². The summed E-state index contributed by atoms with van der Waals surface area (Å²) in [6.45, 7) is 0. The predicted octanol–water partition coefficient (Wildman–Crippen LogP) is 3.74. The van der Waals surface area contributed by atoms with E-state index in [4.69, 9.17) is 27.3 Å². The molecule has 0 radical (unpaired) electrons. The fourth-order valence-electron chi connectivity index (χ4n) is 1.80. The minimum absolute atomic E-state index is 0.0326. The zero-order chi connectivity index (χ0) is 15.2. The van der Waals surface area contributed by atoms with Crippen molar-refractivity contribution in [1.82, 2.24) is 0 Å². The molecule has 2 rings (SSSR count). The zero-order valence-electron chi connectivity index (χ0n) is 11.4. The van der Waals surface area contributed by atoms with Gasteiger partial charge in [-0.05, 0) is 42.0 Å². The number of thioether (sulfide) groups is 1. The minimum atomic E-state index is 0.0326. The number of hydrogen-bond donors (Lipinski definition) is 2. The van der Waals surface area contributed by atoms with Crippen LogP contribution in [0.1, 0.15) is 11.1 Å². The van der Waals surface area contributed by atoms with Crippen molar-refractivity contribution in [2.45, 2.75) is 10.6 Å². The Morgan fingerprint density at radius 2 is 2.00 bits per heavy atom. The molecule has 4 nitrogen and oxygen atoms in total. The number of amidine groups is 1. The monoisotopic (exact) mass is 322 g/mol. The van der Waals surface area contributed by atoms with E-state index >= 15 is 0 Å². The van der Waals surface area contributed by atoms with Crippen LogP contribution in [0, 0.1) is 0 Å². The van der Waals surface area contributed by atoms with E-state index in [1.807, 2.05) is 42.5 Å². The molecule has 0 amide bonds. The lowest BCUT2D eigenvalue weighted by atomic mass is 10.1. The van der Waals surface area contributed by atoms with Crippen molar-refractivity contribution >= 4 is 29.2 Å². The highest BCUT2D eigenvalue weighted by atomic mass is 35.5. The number of oxime groups is 1. The second kappa shape index (κ2) is 7.24. The van der Waals surface area contributed by atoms with E-state index < -0.39 is 0 Å². The van der Waals surface area contributed by atoms with Gasteiger partial charge in [-0.3, -0.25) is 0 Å². The van der Waals surface area contributed by atoms with Gasteiger partial charge in [0.25, 0.3) is 0 Å². The van der Waals surface area contributed by atoms with E-state index in [-0.39, 0.29) is 5.84 Å². The van der Waals surface area contributed by atoms with E-state index in [0.29, 0.717) is 11.3 Å². The van der Waals surface area contributed by atoms with Crippen molar-refractivity contribution in [3.8, 4) is 5.75 Å². The Kier molecular flexibility index (Phi) is 5.36. The lowest BCUT2D eigenvalue weighted by molar-refractivity contribution is 0.318. The molecule has 0 bridgehead atoms. The summed E-state index contributed by atoms with van der Waals surface area (Å²) in [5, 5.41) is 12.6. The van der Waals surface area contributed by atoms with Crippen molar-refractivity contribution < 1.29 is 9.94 Å². The van der Waals surface area contributed by atoms with E-state index in [2.05, 4.69) is 5.16 Å². The highest BCUT2D eigenvalue weighted by Gasteiger charge is 2.09. The number of rotatable bonds is 5. The molecule has 0 unspecified atom stereocenters. The average molecular weight is 323 g/mol. The lowest BCUT2D eigenvalue weighted by Gasteiger charge is -2.09. The van der Waals surface area contributed by atoms with Crippen molar-refractivity contribution in [3.05, 3.63) is 58.6 Å². The Morgan fingerprint density at radius 3 is 2.62 bits per heavy atom. The Labute approximate surface area is 132 Å². The largest absolute Gasteiger partial charge is 0.496 e. The van der Waals surface area contributed by atoms with E-state index in [1.54, 1.807) is 18.9 Å². The van der Waals surface area contributed by atoms with Crippen LogP contribution >= 0.6 is 23.4 Å². The Bertz CT molecular complexity index is 645. The SMILES string of the molecule is COc1ccc(CSc2ccc(Cl)cc2)cc1C(N)=NO. The molecule has 0 heterocycles. The van der Waals surface area contributed by atoms with Crippen LogP contribution in [0.4, 0.5) is 0 Å². The zero-order valence-corrected chi connectivity index (χ0v) is 13.0. The maximum Gasteiger partial charge on any atom is 0.173 e. The standard InChI is InChI=1S/C15H15ClN2O2S/c1-20-14-7-2-10(8-13(14)15(17)18-19)9-21-12-5-3-11(16)4-6-12/h2-8,19H,9H2,1H3,(H2,17,18). The molecule has 0 fully saturated rings. The highest BCUT2D eigenvalue weighted by molar-refractivity contribution is 7.98. The second-order valence-electron chi connectivity index (χ2n) is 4.26. The smallest absolute Gasteiger partial charge is 0.173 e. The summed E-state index contributed by atoms with van der Waals surface area (Å²) in [6.07, 6.45) is 0. The molecule has 0 aliphatic carbocycles. The Morgan fingerprint density at radius 1 is 1.29 bits per heavy atom. The molecule has 6 heteroatoms. The maximum atomic E-state index is 8.82. The number of methoxy groups -OCH3 is 1. The van der Waals surface area contributed by atoms with Crippen LogP contribution in [-0.4, -0.2) is 18.2 Å². The number of benzene rings is 2. The summed E-state index contributed by atoms with van der Waals surface area (Å²) in [6, 6.07) is 13.3. The molecular weight excluding hydrogens is 308 g/mol. The first-order valence-corrected chi connectivity index (χ1v) is 7.53. The third-order valence-corrected chi connectivity index (χ3v) is 4.20. The van der Waals surface area contributed by atoms with E-state index in [0.717, 1.165) is 21.2 Å². The van der Waals surface area contributed by atoms with Crippen molar-refractivity contribution in [2.75, 3.05) is 7.11 Å². The molecule has 3 N–H and O–H groups in total. The van der Waals surface area contributed by atoms with Crippen molar-refractivity contribution in [3.63, 3.8) is 0 Å². The fourth-order valence-corrected chi connectivity index (χ4v) is 2.76. The third kappa shape index (κ3) is 4.06. The first-order chi connectivity index (χ1) is 10.1. The number of nitrogens with zero attached hydrogens (tertiary/aromatic N) is 1. The van der Waals surface area contributed by atoms with Gasteiger partial charge >= 0.3 is 0 Å². The second-order valence-corrected chi connectivity index (χ2v) is 5.75. The summed E-state index contributed by atoms with van der Waals surface area (Å²) < 4.78 is 5.21. The third-order valence-electron chi connectivity index (χ3n) is 2.87. The molecule has 0 spiro atoms. The summed E-state index contributed by atoms with van der Waals surface area (Å²) >= 11 is 7.54. The van der Waals surface area contributed by atoms with Gasteiger partial charge in [-0.2, -0.15) is 0 Å². The molecule has 0 atom stereocenters. The van der Waals surface area contributed by atoms with Crippen LogP contribution in [0.2, 0.25) is 5.02 Å². The first-order valence-electron chi connectivity index (χ1n) is 6.17. The van der Waals surface area contributed by atoms with Gasteiger partial charge in [-0.25, -0.2) is 0 Å². The minimum Gasteiger partial charge on any atom is -0.496 e. The van der Waals surface area contributed by atoms with Crippen LogP contribution < -0.4 is 10.5 Å². The van der Waals surface area contributed by atoms with Gasteiger partial charge in [0.05, 0.1) is 12.7 Å². The summed E-state index contributed by atoms with van der Waals surface area (Å²) in [5.74, 6) is 1.37. The van der Waals surface area contributed by atoms with Crippen LogP contribution in [0.3, 0.4) is 0 Å². The molecule has 2 aromatic rings. The van der Waals surface area contributed by atoms with Crippen molar-refractivity contribution in [1.29, 1.82) is 0 Å². The molecule has 21 heavy (non-hydrogen) atoms. The number of ether oxygens (including phenoxy) is 1. The average Bonchev–Trinajstić information content (AvgIpc) is 2.53. The summed E-state index contributed by atoms with van der Waals surface area (Å²) in [5.41, 5.74) is 7.29. The molecule has 2 aromatic carbocycles. The molecule has 0 aromatic heterocycles. The lowest BCUT2D eigenvalue weighted by Crippen LogP contribution is -2.14. The van der Waals surface area contributed by atoms with Crippen LogP contribution in [0.15, 0.2) is 52.5 Å². The molecular formula is C15H15ClN2O2S. The number of halogens is 1. The van der Waals surface area contributed by atoms with Gasteiger partial charge in [0.15, 0.2) is 5.84 Å². The predicted molar refractivity (Wildman–Crippen MR) is 86.5 cm³/mol. The van der Waals surface area contributed by atoms with E-state index in [1.165, 1.54) is 0 Å². The Balaban J connectivity index is 2.15. The van der Waals surface area contributed by atoms with Gasteiger partial charge < -0.3 is 15.7 Å². The number of nitrogens with two attached hydrogens (primary N) is 1. The van der Waals surface area contributed by atoms with Crippen LogP contribution in [0.5, 0.6) is 5.75 Å². The molecule has 0 saturated heterocycles. The molecule has 0 aliphatic rings. The van der Waals surface area contributed by atoms with Crippen molar-refractivity contribution in [2.24, 2.45) is 10.9 Å². The van der Waals surface area contributed by atoms with Gasteiger partial charge in [0.1, 0.15) is 5.75 Å². The van der Waals surface area contributed by atoms with Gasteiger partial charge in [0, 0.05) is 15.7 Å². The van der Waals surface area contributed by atoms with Gasteiger partial charge in [-0.15, -0.1) is 11.8 Å². The summed E-state index contributed by atoms with van der Waals surface area (Å²) in [7, 11) is 1.55. The molecule has 0 aliphatic heterocycles. The van der Waals surface area contributed by atoms with Gasteiger partial charge in [0.2, 0.25) is 0 Å². The van der Waals surface area contributed by atoms with Crippen LogP contribution in [0.25, 0.3) is 0 Å². The maximum absolute atomic E-state index is 8.82.